The van der Waals surface area contributed by atoms with E-state index in [0.717, 1.165) is 28.8 Å². The van der Waals surface area contributed by atoms with Crippen LogP contribution in [0.4, 0.5) is 11.4 Å². The first-order chi connectivity index (χ1) is 33.2. The maximum Gasteiger partial charge on any atom is 0.333 e. The number of hydrogen-bond acceptors (Lipinski definition) is 4. The zero-order chi connectivity index (χ0) is 46.6. The molecule has 4 aromatic heterocycles. The first kappa shape index (κ1) is 40.2. The van der Waals surface area contributed by atoms with Crippen LogP contribution >= 0.6 is 22.7 Å². The number of thiophene rings is 2. The van der Waals surface area contributed by atoms with Crippen molar-refractivity contribution in [3.05, 3.63) is 156 Å². The van der Waals surface area contributed by atoms with Crippen molar-refractivity contribution >= 4 is 125 Å². The average molecular weight is 927 g/mol. The van der Waals surface area contributed by atoms with Crippen LogP contribution in [0.1, 0.15) is 78.0 Å². The minimum atomic E-state index is -0.147. The molecule has 0 bridgehead atoms. The molecule has 0 radical (unpaired) electrons. The molecule has 0 saturated heterocycles. The average Bonchev–Trinajstić information content (AvgIpc) is 4.10. The zero-order valence-electron chi connectivity index (χ0n) is 40.4. The second kappa shape index (κ2) is 13.3. The summed E-state index contributed by atoms with van der Waals surface area (Å²) in [6.07, 6.45) is 2.33. The van der Waals surface area contributed by atoms with Crippen LogP contribution in [0.15, 0.2) is 140 Å². The Labute approximate surface area is 410 Å². The highest BCUT2D eigenvalue weighted by Gasteiger charge is 2.47. The lowest BCUT2D eigenvalue weighted by atomic mass is 9.43. The Morgan fingerprint density at radius 2 is 1.29 bits per heavy atom. The van der Waals surface area contributed by atoms with Crippen molar-refractivity contribution in [2.75, 3.05) is 4.81 Å². The van der Waals surface area contributed by atoms with Gasteiger partial charge in [-0.1, -0.05) is 127 Å². The largest absolute Gasteiger partial charge is 0.376 e. The number of hydrogen-bond donors (Lipinski definition) is 0. The zero-order valence-corrected chi connectivity index (χ0v) is 42.0. The van der Waals surface area contributed by atoms with Gasteiger partial charge in [-0.15, -0.1) is 22.7 Å². The lowest BCUT2D eigenvalue weighted by Crippen LogP contribution is -2.60. The van der Waals surface area contributed by atoms with Crippen LogP contribution < -0.4 is 15.7 Å². The van der Waals surface area contributed by atoms with E-state index in [1.54, 1.807) is 0 Å². The first-order valence-electron chi connectivity index (χ1n) is 24.7. The Kier molecular flexibility index (Phi) is 7.79. The third-order valence-corrected chi connectivity index (χ3v) is 19.0. The summed E-state index contributed by atoms with van der Waals surface area (Å²) >= 11 is 3.90. The normalized spacial score (nSPS) is 15.9. The molecule has 12 aromatic rings. The van der Waals surface area contributed by atoms with E-state index in [2.05, 4.69) is 209 Å². The molecule has 0 spiro atoms. The Morgan fingerprint density at radius 3 is 2.03 bits per heavy atom. The topological polar surface area (TPSA) is 26.0 Å². The molecular weight excluding hydrogens is 876 g/mol. The van der Waals surface area contributed by atoms with Gasteiger partial charge in [0.25, 0.3) is 0 Å². The summed E-state index contributed by atoms with van der Waals surface area (Å²) in [6, 6.07) is 53.8. The Bertz CT molecular complexity index is 4250. The van der Waals surface area contributed by atoms with Crippen LogP contribution in [0, 0.1) is 0 Å². The van der Waals surface area contributed by atoms with E-state index in [0.29, 0.717) is 0 Å². The van der Waals surface area contributed by atoms with E-state index in [-0.39, 0.29) is 23.1 Å². The van der Waals surface area contributed by atoms with Crippen molar-refractivity contribution in [1.82, 2.24) is 14.1 Å². The molecule has 3 aliphatic rings. The van der Waals surface area contributed by atoms with Gasteiger partial charge in [-0.05, 0) is 123 Å². The number of rotatable bonds is 2. The quantitative estimate of drug-likeness (QED) is 0.161. The number of fused-ring (bicyclic) bond motifs is 18. The van der Waals surface area contributed by atoms with Crippen molar-refractivity contribution in [2.24, 2.45) is 7.05 Å². The van der Waals surface area contributed by atoms with Crippen molar-refractivity contribution in [2.45, 2.75) is 77.6 Å². The van der Waals surface area contributed by atoms with Gasteiger partial charge in [-0.25, -0.2) is 4.98 Å². The lowest BCUT2D eigenvalue weighted by Gasteiger charge is -2.42. The molecule has 0 unspecified atom stereocenters. The van der Waals surface area contributed by atoms with Gasteiger partial charge in [0.2, 0.25) is 0 Å². The Hall–Kier alpha value is -6.67. The van der Waals surface area contributed by atoms with Crippen LogP contribution in [0.25, 0.3) is 101 Å². The van der Waals surface area contributed by atoms with Crippen LogP contribution in [-0.4, -0.2) is 21.0 Å². The summed E-state index contributed by atoms with van der Waals surface area (Å²) in [4.78, 5) is 8.23. The summed E-state index contributed by atoms with van der Waals surface area (Å²) in [5.41, 5.74) is 19.4. The van der Waals surface area contributed by atoms with Gasteiger partial charge in [-0.2, -0.15) is 0 Å². The SMILES string of the molecule is Cn1c(-c2ccccc2)nc2cc3c(cc21)-n1c2cc4c(cc2c2c5sc6ccccc6c5c5c(c21)B3N(c1ccc(C(C)(C)C)cc1)c1cc2sc3ccccc3c2cc1-5)C(C)(C)CCC4(C)C. The molecule has 0 saturated carbocycles. The molecular formula is C62H51BN4S2. The summed E-state index contributed by atoms with van der Waals surface area (Å²) in [7, 11) is 2.19. The van der Waals surface area contributed by atoms with Crippen molar-refractivity contribution in [1.29, 1.82) is 0 Å². The standard InChI is InChI=1S/C62H51BN4S2/c1-60(2,3)35-22-24-36(25-23-35)67-47-33-52-39(37-18-12-14-20-50(37)68-52)28-40(47)53-54-38-19-13-15-21-51(38)69-58(54)55-41-29-42-43(62(6,7)27-26-61(42,4)5)30-46(41)66-48-32-49-45(31-44(48)63(67)56(53)57(55)66)64-59(65(49)8)34-16-10-9-11-17-34/h9-25,28-33H,26-27H2,1-8H3. The number of aryl methyl sites for hydroxylation is 1. The maximum absolute atomic E-state index is 5.51. The van der Waals surface area contributed by atoms with Crippen molar-refractivity contribution in [3.63, 3.8) is 0 Å². The minimum absolute atomic E-state index is 0.0215. The molecule has 15 rings (SSSR count). The van der Waals surface area contributed by atoms with E-state index >= 15 is 0 Å². The fraction of sp³-hybridized carbons (Fsp3) is 0.210. The molecule has 334 valence electrons. The monoisotopic (exact) mass is 926 g/mol. The summed E-state index contributed by atoms with van der Waals surface area (Å²) < 4.78 is 10.4. The highest BCUT2D eigenvalue weighted by molar-refractivity contribution is 7.27. The van der Waals surface area contributed by atoms with Gasteiger partial charge in [0.05, 0.1) is 22.1 Å². The van der Waals surface area contributed by atoms with Crippen molar-refractivity contribution in [3.8, 4) is 28.2 Å². The van der Waals surface area contributed by atoms with Gasteiger partial charge < -0.3 is 13.9 Å². The van der Waals surface area contributed by atoms with Crippen LogP contribution in [-0.2, 0) is 23.3 Å². The van der Waals surface area contributed by atoms with Gasteiger partial charge in [0, 0.05) is 86.4 Å². The van der Waals surface area contributed by atoms with Gasteiger partial charge in [0.15, 0.2) is 0 Å². The lowest BCUT2D eigenvalue weighted by molar-refractivity contribution is 0.332. The molecule has 0 amide bonds. The fourth-order valence-electron chi connectivity index (χ4n) is 13.0. The first-order valence-corrected chi connectivity index (χ1v) is 26.3. The molecule has 0 fully saturated rings. The predicted molar refractivity (Wildman–Crippen MR) is 299 cm³/mol. The van der Waals surface area contributed by atoms with Crippen LogP contribution in [0.5, 0.6) is 0 Å². The number of nitrogens with zero attached hydrogens (tertiary/aromatic N) is 4. The second-order valence-electron chi connectivity index (χ2n) is 22.6. The smallest absolute Gasteiger partial charge is 0.333 e. The fourth-order valence-corrected chi connectivity index (χ4v) is 15.4. The van der Waals surface area contributed by atoms with E-state index in [1.807, 2.05) is 22.7 Å². The van der Waals surface area contributed by atoms with Gasteiger partial charge in [-0.3, -0.25) is 0 Å². The maximum atomic E-state index is 5.51. The molecule has 7 heteroatoms. The number of imidazole rings is 1. The van der Waals surface area contributed by atoms with Crippen LogP contribution in [0.2, 0.25) is 0 Å². The minimum Gasteiger partial charge on any atom is -0.376 e. The van der Waals surface area contributed by atoms with E-state index < -0.39 is 0 Å². The Balaban J connectivity index is 1.19. The predicted octanol–water partition coefficient (Wildman–Crippen LogP) is 16.0. The molecule has 4 nitrogen and oxygen atoms in total. The van der Waals surface area contributed by atoms with E-state index in [1.165, 1.54) is 124 Å². The molecule has 0 N–H and O–H groups in total. The Morgan fingerprint density at radius 1 is 0.609 bits per heavy atom. The summed E-state index contributed by atoms with van der Waals surface area (Å²) in [5.74, 6) is 0.981. The van der Waals surface area contributed by atoms with Crippen molar-refractivity contribution < 1.29 is 0 Å². The highest BCUT2D eigenvalue weighted by Crippen LogP contribution is 2.56. The van der Waals surface area contributed by atoms with Gasteiger partial charge >= 0.3 is 6.85 Å². The molecule has 8 aromatic carbocycles. The van der Waals surface area contributed by atoms with Crippen LogP contribution in [0.3, 0.4) is 0 Å². The molecule has 2 aliphatic heterocycles. The molecule has 69 heavy (non-hydrogen) atoms. The number of benzene rings is 8. The third kappa shape index (κ3) is 5.27. The number of anilines is 2. The second-order valence-corrected chi connectivity index (χ2v) is 24.8. The molecule has 0 atom stereocenters. The molecule has 1 aliphatic carbocycles. The van der Waals surface area contributed by atoms with Gasteiger partial charge in [0.1, 0.15) is 5.82 Å². The third-order valence-electron chi connectivity index (χ3n) is 16.7. The molecule has 6 heterocycles. The number of aromatic nitrogens is 3. The van der Waals surface area contributed by atoms with E-state index in [4.69, 9.17) is 4.98 Å². The van der Waals surface area contributed by atoms with E-state index in [9.17, 15) is 0 Å². The summed E-state index contributed by atoms with van der Waals surface area (Å²) in [5, 5.41) is 8.13. The summed E-state index contributed by atoms with van der Waals surface area (Å²) in [6.45, 7) is 16.7. The highest BCUT2D eigenvalue weighted by atomic mass is 32.1.